The molecular formula is C56H54O11. The molecule has 11 nitrogen and oxygen atoms in total. The van der Waals surface area contributed by atoms with Crippen molar-refractivity contribution in [2.75, 3.05) is 26.9 Å². The van der Waals surface area contributed by atoms with E-state index in [0.29, 0.717) is 26.4 Å². The quantitative estimate of drug-likeness (QED) is 0.125. The fourth-order valence-corrected chi connectivity index (χ4v) is 11.2. The highest BCUT2D eigenvalue weighted by Gasteiger charge is 2.65. The lowest BCUT2D eigenvalue weighted by Crippen LogP contribution is -2.65. The van der Waals surface area contributed by atoms with Crippen molar-refractivity contribution in [3.63, 3.8) is 0 Å². The Hall–Kier alpha value is -5.12. The maximum atomic E-state index is 7.65. The first-order valence-electron chi connectivity index (χ1n) is 23.4. The number of ether oxygens (including phenoxy) is 11. The fraction of sp³-hybridized carbons (Fsp3) is 0.357. The number of fused-ring (bicyclic) bond motifs is 8. The average Bonchev–Trinajstić information content (AvgIpc) is 3.78. The maximum absolute atomic E-state index is 7.65. The van der Waals surface area contributed by atoms with E-state index < -0.39 is 85.3 Å². The van der Waals surface area contributed by atoms with Gasteiger partial charge in [-0.2, -0.15) is 0 Å². The van der Waals surface area contributed by atoms with Crippen LogP contribution in [-0.2, 0) is 70.7 Å². The summed E-state index contributed by atoms with van der Waals surface area (Å²) in [6, 6.07) is 57.4. The van der Waals surface area contributed by atoms with Gasteiger partial charge in [0.1, 0.15) is 61.0 Å². The molecule has 12 rings (SSSR count). The molecule has 5 saturated heterocycles. The van der Waals surface area contributed by atoms with Crippen LogP contribution in [0, 0.1) is 0 Å². The Morgan fingerprint density at radius 1 is 0.478 bits per heavy atom. The van der Waals surface area contributed by atoms with Crippen molar-refractivity contribution in [2.45, 2.75) is 98.5 Å². The summed E-state index contributed by atoms with van der Waals surface area (Å²) < 4.78 is 75.1. The van der Waals surface area contributed by atoms with Crippen LogP contribution in [0.1, 0.15) is 63.2 Å². The Balaban J connectivity index is 0.918. The van der Waals surface area contributed by atoms with Gasteiger partial charge in [0.05, 0.1) is 38.4 Å². The van der Waals surface area contributed by atoms with Gasteiger partial charge < -0.3 is 52.1 Å². The van der Waals surface area contributed by atoms with Gasteiger partial charge in [-0.1, -0.05) is 170 Å². The van der Waals surface area contributed by atoms with E-state index in [-0.39, 0.29) is 6.61 Å². The van der Waals surface area contributed by atoms with Crippen LogP contribution in [-0.4, -0.2) is 88.2 Å². The molecule has 6 aromatic carbocycles. The lowest BCUT2D eigenvalue weighted by atomic mass is 9.62. The first-order chi connectivity index (χ1) is 33.2. The summed E-state index contributed by atoms with van der Waals surface area (Å²) in [5.41, 5.74) is 7.33. The van der Waals surface area contributed by atoms with Gasteiger partial charge in [-0.25, -0.2) is 0 Å². The molecule has 67 heavy (non-hydrogen) atoms. The predicted octanol–water partition coefficient (Wildman–Crippen LogP) is 8.70. The number of rotatable bonds is 11. The lowest BCUT2D eigenvalue weighted by Gasteiger charge is -2.52. The molecule has 344 valence electrons. The summed E-state index contributed by atoms with van der Waals surface area (Å²) in [7, 11) is 1.64. The molecule has 12 atom stereocenters. The molecule has 0 saturated carbocycles. The van der Waals surface area contributed by atoms with Crippen molar-refractivity contribution in [3.05, 3.63) is 214 Å². The van der Waals surface area contributed by atoms with Crippen LogP contribution >= 0.6 is 0 Å². The first kappa shape index (κ1) is 43.2. The molecule has 0 radical (unpaired) electrons. The number of methoxy groups -OCH3 is 1. The third-order valence-electron chi connectivity index (χ3n) is 14.3. The van der Waals surface area contributed by atoms with Gasteiger partial charge in [-0.3, -0.25) is 0 Å². The normalized spacial score (nSPS) is 34.0. The molecule has 5 aliphatic heterocycles. The molecule has 11 heteroatoms. The van der Waals surface area contributed by atoms with Gasteiger partial charge in [-0.05, 0) is 33.4 Å². The lowest BCUT2D eigenvalue weighted by molar-refractivity contribution is -0.371. The largest absolute Gasteiger partial charge is 0.371 e. The van der Waals surface area contributed by atoms with E-state index in [4.69, 9.17) is 52.1 Å². The Morgan fingerprint density at radius 2 is 0.955 bits per heavy atom. The molecule has 0 unspecified atom stereocenters. The van der Waals surface area contributed by atoms with E-state index >= 15 is 0 Å². The maximum Gasteiger partial charge on any atom is 0.186 e. The minimum atomic E-state index is -0.766. The molecule has 0 amide bonds. The zero-order valence-corrected chi connectivity index (χ0v) is 37.2. The van der Waals surface area contributed by atoms with Crippen molar-refractivity contribution in [2.24, 2.45) is 0 Å². The highest BCUT2D eigenvalue weighted by molar-refractivity contribution is 5.58. The van der Waals surface area contributed by atoms with E-state index in [1.54, 1.807) is 7.11 Å². The molecule has 5 fully saturated rings. The van der Waals surface area contributed by atoms with Crippen LogP contribution in [0.4, 0.5) is 0 Å². The number of hydrogen-bond donors (Lipinski definition) is 0. The Labute approximate surface area is 390 Å². The molecule has 6 aliphatic rings. The second kappa shape index (κ2) is 18.8. The summed E-state index contributed by atoms with van der Waals surface area (Å²) in [4.78, 5) is 0. The van der Waals surface area contributed by atoms with Crippen molar-refractivity contribution in [3.8, 4) is 0 Å². The molecule has 0 N–H and O–H groups in total. The standard InChI is InChI=1S/C56H54O11/c1-57-55-51(59-31-36-20-8-3-9-21-36)49(47-44(64-55)33-61-54(67-47)38-24-12-5-13-25-38)65-45-39-26-14-16-28-41(39)56(42-29-17-15-27-40(42)45)34-62-50-48(58-30-35-18-6-2-7-19-35)46-43(63-52(50)56)32-60-53(66-46)37-22-10-4-11-23-37/h2-29,43-55H,30-34H2,1H3/t43-,44-,45?,46-,47-,48+,49+,50-,51-,52+,53-,54-,55-,56?/m1/s1. The third kappa shape index (κ3) is 7.96. The molecule has 5 heterocycles. The van der Waals surface area contributed by atoms with E-state index in [2.05, 4.69) is 60.7 Å². The average molecular weight is 903 g/mol. The number of hydrogen-bond acceptors (Lipinski definition) is 11. The molecule has 0 aromatic heterocycles. The van der Waals surface area contributed by atoms with Crippen LogP contribution in [0.3, 0.4) is 0 Å². The van der Waals surface area contributed by atoms with Gasteiger partial charge in [0.2, 0.25) is 0 Å². The van der Waals surface area contributed by atoms with Crippen LogP contribution in [0.5, 0.6) is 0 Å². The minimum Gasteiger partial charge on any atom is -0.371 e. The molecule has 1 spiro atoms. The summed E-state index contributed by atoms with van der Waals surface area (Å²) in [5, 5.41) is 0. The molecule has 0 bridgehead atoms. The van der Waals surface area contributed by atoms with Crippen LogP contribution in [0.15, 0.2) is 170 Å². The van der Waals surface area contributed by atoms with E-state index in [1.807, 2.05) is 109 Å². The van der Waals surface area contributed by atoms with Crippen molar-refractivity contribution >= 4 is 0 Å². The molecule has 6 aromatic rings. The first-order valence-corrected chi connectivity index (χ1v) is 23.4. The zero-order chi connectivity index (χ0) is 44.7. The van der Waals surface area contributed by atoms with E-state index in [9.17, 15) is 0 Å². The van der Waals surface area contributed by atoms with Gasteiger partial charge >= 0.3 is 0 Å². The SMILES string of the molecule is CO[C@@H]1O[C@@H]2CO[C@@H](c3ccccc3)O[C@H]2[C@H](OC2c3ccccc3C3(CO[C@@H]4[C@@H](OCc5ccccc5)[C@@H]5O[C@H](c6ccccc6)OC[C@H]5O[C@@H]43)c3ccccc32)[C@H]1OCc1ccccc1. The Kier molecular flexibility index (Phi) is 12.1. The van der Waals surface area contributed by atoms with Gasteiger partial charge in [0, 0.05) is 18.2 Å². The van der Waals surface area contributed by atoms with E-state index in [0.717, 1.165) is 44.5 Å². The smallest absolute Gasteiger partial charge is 0.186 e. The van der Waals surface area contributed by atoms with Crippen molar-refractivity contribution in [1.29, 1.82) is 0 Å². The third-order valence-corrected chi connectivity index (χ3v) is 14.3. The summed E-state index contributed by atoms with van der Waals surface area (Å²) >= 11 is 0. The zero-order valence-electron chi connectivity index (χ0n) is 37.2. The van der Waals surface area contributed by atoms with Crippen molar-refractivity contribution < 1.29 is 52.1 Å². The summed E-state index contributed by atoms with van der Waals surface area (Å²) in [6.45, 7) is 1.67. The molecular weight excluding hydrogens is 849 g/mol. The second-order valence-electron chi connectivity index (χ2n) is 18.2. The van der Waals surface area contributed by atoms with Crippen molar-refractivity contribution in [1.82, 2.24) is 0 Å². The van der Waals surface area contributed by atoms with Crippen LogP contribution in [0.2, 0.25) is 0 Å². The Morgan fingerprint density at radius 3 is 1.51 bits per heavy atom. The molecule has 1 aliphatic carbocycles. The van der Waals surface area contributed by atoms with Gasteiger partial charge in [0.25, 0.3) is 0 Å². The highest BCUT2D eigenvalue weighted by atomic mass is 16.8. The minimum absolute atomic E-state index is 0.281. The van der Waals surface area contributed by atoms with E-state index in [1.165, 1.54) is 0 Å². The fourth-order valence-electron chi connectivity index (χ4n) is 11.2. The second-order valence-corrected chi connectivity index (χ2v) is 18.2. The van der Waals surface area contributed by atoms with Gasteiger partial charge in [-0.15, -0.1) is 0 Å². The van der Waals surface area contributed by atoms with Gasteiger partial charge in [0.15, 0.2) is 18.9 Å². The van der Waals surface area contributed by atoms with Crippen LogP contribution < -0.4 is 0 Å². The number of benzene rings is 6. The highest BCUT2D eigenvalue weighted by Crippen LogP contribution is 2.57. The monoisotopic (exact) mass is 902 g/mol. The summed E-state index contributed by atoms with van der Waals surface area (Å²) in [6.07, 6.45) is -7.20. The predicted molar refractivity (Wildman–Crippen MR) is 245 cm³/mol. The van der Waals surface area contributed by atoms with Crippen LogP contribution in [0.25, 0.3) is 0 Å². The Bertz CT molecular complexity index is 2530. The topological polar surface area (TPSA) is 102 Å². The summed E-state index contributed by atoms with van der Waals surface area (Å²) in [5.74, 6) is 0.